The molecule has 3 heterocycles. The maximum atomic E-state index is 13.5. The van der Waals surface area contributed by atoms with E-state index in [-0.39, 0.29) is 26.3 Å². The van der Waals surface area contributed by atoms with Crippen molar-refractivity contribution in [2.24, 2.45) is 5.92 Å². The second kappa shape index (κ2) is 13.4. The fourth-order valence-corrected chi connectivity index (χ4v) is 6.95. The molecule has 2 amide bonds. The molecule has 3 saturated heterocycles. The minimum absolute atomic E-state index is 0. The molecule has 1 aromatic carbocycles. The molecule has 6 rings (SSSR count). The van der Waals surface area contributed by atoms with E-state index < -0.39 is 5.92 Å². The van der Waals surface area contributed by atoms with Gasteiger partial charge in [-0.3, -0.25) is 9.59 Å². The molecule has 5 fully saturated rings. The van der Waals surface area contributed by atoms with Gasteiger partial charge in [0.15, 0.2) is 0 Å². The van der Waals surface area contributed by atoms with Crippen LogP contribution in [0.15, 0.2) is 36.4 Å². The van der Waals surface area contributed by atoms with Gasteiger partial charge in [0.1, 0.15) is 0 Å². The molecule has 1 spiro atoms. The standard InChI is InChI=1S/C16H26F2N2O.C8H13NO.C6H6.CH4/c1-19(14-7-8-16(17,18)11-14)12-4-2-6-15(21)20-9-3-5-13(20)10-12;1-7-4-8(2-3-8)9(5-7)6-10;1-2-4-6-5-3-1;/h12-14H,2-11H2,1H3;6-7H,2-5H2,1H3;1-6H;1H4/t12?,13-,14?;7-;;/m11../s1. The van der Waals surface area contributed by atoms with E-state index in [1.807, 2.05) is 53.2 Å². The number of likely N-dealkylation sites (tertiary alicyclic amines) is 1. The zero-order chi connectivity index (χ0) is 26.5. The fourth-order valence-electron chi connectivity index (χ4n) is 6.95. The number of rotatable bonds is 3. The van der Waals surface area contributed by atoms with Gasteiger partial charge in [-0.25, -0.2) is 8.78 Å². The molecule has 5 nitrogen and oxygen atoms in total. The van der Waals surface area contributed by atoms with Crippen LogP contribution in [0, 0.1) is 5.92 Å². The maximum absolute atomic E-state index is 13.5. The predicted molar refractivity (Wildman–Crippen MR) is 149 cm³/mol. The van der Waals surface area contributed by atoms with Gasteiger partial charge in [0.2, 0.25) is 18.2 Å². The van der Waals surface area contributed by atoms with Gasteiger partial charge in [0, 0.05) is 56.0 Å². The first-order valence-corrected chi connectivity index (χ1v) is 14.3. The topological polar surface area (TPSA) is 43.9 Å². The number of alkyl halides is 2. The molecular weight excluding hydrogens is 484 g/mol. The second-order valence-electron chi connectivity index (χ2n) is 12.0. The van der Waals surface area contributed by atoms with Crippen LogP contribution in [-0.2, 0) is 9.59 Å². The van der Waals surface area contributed by atoms with Gasteiger partial charge in [-0.1, -0.05) is 50.7 Å². The summed E-state index contributed by atoms with van der Waals surface area (Å²) in [5.41, 5.74) is 0.348. The molecule has 214 valence electrons. The van der Waals surface area contributed by atoms with Gasteiger partial charge >= 0.3 is 0 Å². The van der Waals surface area contributed by atoms with Gasteiger partial charge in [0.05, 0.1) is 0 Å². The van der Waals surface area contributed by atoms with Gasteiger partial charge < -0.3 is 14.7 Å². The van der Waals surface area contributed by atoms with E-state index in [1.165, 1.54) is 19.3 Å². The van der Waals surface area contributed by atoms with Crippen molar-refractivity contribution in [3.8, 4) is 0 Å². The van der Waals surface area contributed by atoms with Gasteiger partial charge in [-0.2, -0.15) is 0 Å². The van der Waals surface area contributed by atoms with Crippen LogP contribution in [0.2, 0.25) is 0 Å². The smallest absolute Gasteiger partial charge is 0.249 e. The molecule has 2 aliphatic carbocycles. The highest BCUT2D eigenvalue weighted by molar-refractivity contribution is 5.76. The Hall–Kier alpha value is -2.02. The van der Waals surface area contributed by atoms with Crippen molar-refractivity contribution in [3.63, 3.8) is 0 Å². The molecule has 5 aliphatic rings. The SMILES string of the molecule is C.CN(C1CCCC(=O)N2CCC[C@@H]2C1)C1CCC(F)(F)C1.C[C@H]1CN(C=O)C2(CC2)C1.c1ccccc1. The number of nitrogens with zero attached hydrogens (tertiary/aromatic N) is 3. The number of carbonyl (C=O) groups is 2. The van der Waals surface area contributed by atoms with Crippen LogP contribution in [0.1, 0.15) is 91.4 Å². The van der Waals surface area contributed by atoms with Crippen molar-refractivity contribution in [3.05, 3.63) is 36.4 Å². The van der Waals surface area contributed by atoms with E-state index in [0.29, 0.717) is 36.4 Å². The summed E-state index contributed by atoms with van der Waals surface area (Å²) >= 11 is 0. The van der Waals surface area contributed by atoms with E-state index >= 15 is 0 Å². The third-order valence-corrected chi connectivity index (χ3v) is 9.17. The Kier molecular flexibility index (Phi) is 10.7. The first kappa shape index (κ1) is 30.5. The summed E-state index contributed by atoms with van der Waals surface area (Å²) in [5.74, 6) is -1.45. The lowest BCUT2D eigenvalue weighted by Crippen LogP contribution is -2.46. The van der Waals surface area contributed by atoms with Gasteiger partial charge in [0.25, 0.3) is 0 Å². The average Bonchev–Trinajstić information content (AvgIpc) is 3.19. The summed E-state index contributed by atoms with van der Waals surface area (Å²) in [6, 6.07) is 12.7. The molecule has 38 heavy (non-hydrogen) atoms. The lowest BCUT2D eigenvalue weighted by molar-refractivity contribution is -0.133. The Labute approximate surface area is 228 Å². The minimum Gasteiger partial charge on any atom is -0.340 e. The van der Waals surface area contributed by atoms with Crippen molar-refractivity contribution in [1.82, 2.24) is 14.7 Å². The van der Waals surface area contributed by atoms with E-state index in [1.54, 1.807) is 0 Å². The number of benzene rings is 1. The molecule has 0 bridgehead atoms. The Bertz CT molecular complexity index is 852. The van der Waals surface area contributed by atoms with Crippen LogP contribution < -0.4 is 0 Å². The molecule has 0 aromatic heterocycles. The predicted octanol–water partition coefficient (Wildman–Crippen LogP) is 6.38. The molecule has 3 aliphatic heterocycles. The summed E-state index contributed by atoms with van der Waals surface area (Å²) in [6.07, 6.45) is 11.0. The van der Waals surface area contributed by atoms with Crippen LogP contribution in [0.25, 0.3) is 0 Å². The first-order valence-electron chi connectivity index (χ1n) is 14.3. The van der Waals surface area contributed by atoms with Crippen LogP contribution in [0.5, 0.6) is 0 Å². The molecular formula is C31H49F2N3O2. The van der Waals surface area contributed by atoms with Crippen LogP contribution in [0.3, 0.4) is 0 Å². The number of fused-ring (bicyclic) bond motifs is 1. The number of carbonyl (C=O) groups excluding carboxylic acids is 2. The number of hydrogen-bond donors (Lipinski definition) is 0. The zero-order valence-electron chi connectivity index (χ0n) is 22.7. The largest absolute Gasteiger partial charge is 0.340 e. The van der Waals surface area contributed by atoms with Crippen molar-refractivity contribution in [2.45, 2.75) is 121 Å². The summed E-state index contributed by atoms with van der Waals surface area (Å²) in [4.78, 5) is 28.9. The zero-order valence-corrected chi connectivity index (χ0v) is 22.7. The number of halogens is 2. The molecule has 2 saturated carbocycles. The summed E-state index contributed by atoms with van der Waals surface area (Å²) in [7, 11) is 2.01. The average molecular weight is 534 g/mol. The van der Waals surface area contributed by atoms with Crippen LogP contribution in [0.4, 0.5) is 8.78 Å². The molecule has 2 unspecified atom stereocenters. The minimum atomic E-state index is -2.48. The highest BCUT2D eigenvalue weighted by atomic mass is 19.3. The van der Waals surface area contributed by atoms with E-state index in [0.717, 1.165) is 57.5 Å². The highest BCUT2D eigenvalue weighted by Crippen LogP contribution is 2.50. The number of amides is 2. The third-order valence-electron chi connectivity index (χ3n) is 9.17. The van der Waals surface area contributed by atoms with Gasteiger partial charge in [-0.15, -0.1) is 0 Å². The molecule has 0 N–H and O–H groups in total. The Morgan fingerprint density at radius 1 is 0.947 bits per heavy atom. The summed E-state index contributed by atoms with van der Waals surface area (Å²) in [5, 5.41) is 0. The summed E-state index contributed by atoms with van der Waals surface area (Å²) in [6.45, 7) is 4.11. The first-order chi connectivity index (χ1) is 17.7. The molecule has 1 aromatic rings. The monoisotopic (exact) mass is 533 g/mol. The van der Waals surface area contributed by atoms with Crippen molar-refractivity contribution >= 4 is 12.3 Å². The summed E-state index contributed by atoms with van der Waals surface area (Å²) < 4.78 is 26.9. The lowest BCUT2D eigenvalue weighted by Gasteiger charge is -2.38. The Balaban J connectivity index is 0.000000193. The maximum Gasteiger partial charge on any atom is 0.249 e. The molecule has 4 atom stereocenters. The highest BCUT2D eigenvalue weighted by Gasteiger charge is 2.52. The van der Waals surface area contributed by atoms with Crippen LogP contribution in [-0.4, -0.2) is 76.7 Å². The van der Waals surface area contributed by atoms with Crippen molar-refractivity contribution < 1.29 is 18.4 Å². The lowest BCUT2D eigenvalue weighted by atomic mass is 9.94. The van der Waals surface area contributed by atoms with Crippen molar-refractivity contribution in [2.75, 3.05) is 20.1 Å². The van der Waals surface area contributed by atoms with E-state index in [9.17, 15) is 18.4 Å². The fraction of sp³-hybridized carbons (Fsp3) is 0.742. The Morgan fingerprint density at radius 2 is 1.61 bits per heavy atom. The normalized spacial score (nSPS) is 30.7. The van der Waals surface area contributed by atoms with E-state index in [4.69, 9.17) is 0 Å². The van der Waals surface area contributed by atoms with Gasteiger partial charge in [-0.05, 0) is 70.8 Å². The van der Waals surface area contributed by atoms with E-state index in [2.05, 4.69) is 11.8 Å². The molecule has 7 heteroatoms. The Morgan fingerprint density at radius 3 is 2.13 bits per heavy atom. The van der Waals surface area contributed by atoms with Crippen molar-refractivity contribution in [1.29, 1.82) is 0 Å². The quantitative estimate of drug-likeness (QED) is 0.424. The third kappa shape index (κ3) is 7.77. The number of hydrogen-bond acceptors (Lipinski definition) is 3. The van der Waals surface area contributed by atoms with Crippen LogP contribution >= 0.6 is 0 Å². The second-order valence-corrected chi connectivity index (χ2v) is 12.0. The molecule has 0 radical (unpaired) electrons.